The minimum absolute atomic E-state index is 0.0475. The van der Waals surface area contributed by atoms with Gasteiger partial charge in [-0.3, -0.25) is 36.3 Å². The number of rotatable bonds is 16. The number of anilines is 2. The molecule has 4 fully saturated rings. The van der Waals surface area contributed by atoms with E-state index in [1.807, 2.05) is 0 Å². The average Bonchev–Trinajstić information content (AvgIpc) is 3.98. The summed E-state index contributed by atoms with van der Waals surface area (Å²) >= 11 is 0. The smallest absolute Gasteiger partial charge is 0.475 e. The number of hydrogen-bond donors (Lipinski definition) is 2. The van der Waals surface area contributed by atoms with Crippen LogP contribution in [0.3, 0.4) is 0 Å². The van der Waals surface area contributed by atoms with Crippen LogP contribution in [0.2, 0.25) is 0 Å². The average molecular weight is 1080 g/mol. The van der Waals surface area contributed by atoms with Crippen molar-refractivity contribution in [2.45, 2.75) is 127 Å². The molecule has 8 heterocycles. The summed E-state index contributed by atoms with van der Waals surface area (Å²) in [5.74, 6) is 1.44. The monoisotopic (exact) mass is 1070 g/mol. The molecule has 2 unspecified atom stereocenters. The number of phosphoric acid groups is 2. The number of aromatic nitrogens is 8. The van der Waals surface area contributed by atoms with Gasteiger partial charge in [-0.2, -0.15) is 19.9 Å². The van der Waals surface area contributed by atoms with Crippen molar-refractivity contribution in [3.63, 3.8) is 0 Å². The summed E-state index contributed by atoms with van der Waals surface area (Å²) in [7, 11) is -1.35. The number of alkyl halides is 2. The third kappa shape index (κ3) is 12.1. The lowest BCUT2D eigenvalue weighted by atomic mass is 9.98. The van der Waals surface area contributed by atoms with Crippen LogP contribution in [0.25, 0.3) is 22.3 Å². The number of nitrogens with zero attached hydrogens (tertiary/aromatic N) is 8. The summed E-state index contributed by atoms with van der Waals surface area (Å²) < 4.78 is 117. The van der Waals surface area contributed by atoms with E-state index in [1.165, 1.54) is 35.6 Å². The number of nitrogen functional groups attached to an aromatic ring is 2. The maximum atomic E-state index is 16.1. The molecule has 30 heteroatoms. The number of halogens is 2. The van der Waals surface area contributed by atoms with Crippen LogP contribution < -0.4 is 20.9 Å². The van der Waals surface area contributed by atoms with Gasteiger partial charge in [0.05, 0.1) is 52.3 Å². The minimum Gasteiger partial charge on any atom is -0.476 e. The van der Waals surface area contributed by atoms with E-state index in [0.29, 0.717) is 35.8 Å². The van der Waals surface area contributed by atoms with Crippen LogP contribution in [0.4, 0.5) is 20.7 Å². The predicted octanol–water partition coefficient (Wildman–Crippen LogP) is 8.31. The fraction of sp³-hybridized carbons (Fsp3) is 0.737. The van der Waals surface area contributed by atoms with Crippen molar-refractivity contribution >= 4 is 93.0 Å². The quantitative estimate of drug-likeness (QED) is 0.0607. The van der Waals surface area contributed by atoms with Crippen LogP contribution in [-0.4, -0.2) is 135 Å². The molecule has 8 rings (SSSR count). The maximum absolute atomic E-state index is 16.1. The molecule has 4 aliphatic heterocycles. The van der Waals surface area contributed by atoms with E-state index in [4.69, 9.17) is 57.6 Å². The number of fused-ring (bicyclic) bond motifs is 4. The molecule has 4 aromatic rings. The van der Waals surface area contributed by atoms with Gasteiger partial charge in [0, 0.05) is 21.0 Å². The Morgan fingerprint density at radius 1 is 0.706 bits per heavy atom. The zero-order valence-electron chi connectivity index (χ0n) is 39.2. The first-order valence-electron chi connectivity index (χ1n) is 21.6. The molecule has 68 heavy (non-hydrogen) atoms. The zero-order valence-corrected chi connectivity index (χ0v) is 44.2. The first kappa shape index (κ1) is 53.5. The second-order valence-corrected chi connectivity index (χ2v) is 27.6. The molecule has 0 saturated carbocycles. The minimum atomic E-state index is -3.95. The van der Waals surface area contributed by atoms with Crippen LogP contribution in [0.5, 0.6) is 11.8 Å². The fourth-order valence-electron chi connectivity index (χ4n) is 7.26. The Bertz CT molecular complexity index is 2330. The molecule has 0 amide bonds. The molecule has 0 bridgehead atoms. The van der Waals surface area contributed by atoms with E-state index >= 15 is 8.78 Å². The Balaban J connectivity index is 0.000000201. The lowest BCUT2D eigenvalue weighted by Crippen LogP contribution is -2.44. The summed E-state index contributed by atoms with van der Waals surface area (Å²) in [5.41, 5.74) is 8.55. The van der Waals surface area contributed by atoms with Crippen LogP contribution in [0, 0.1) is 0 Å². The van der Waals surface area contributed by atoms with Crippen LogP contribution in [0.15, 0.2) is 12.7 Å². The second kappa shape index (κ2) is 21.0. The Hall–Kier alpha value is -2.30. The summed E-state index contributed by atoms with van der Waals surface area (Å²) in [6.07, 6.45) is -3.60. The number of nitrogens with two attached hydrogens (primary N) is 2. The molecule has 0 spiro atoms. The van der Waals surface area contributed by atoms with Crippen molar-refractivity contribution in [3.8, 4) is 11.8 Å². The van der Waals surface area contributed by atoms with E-state index in [1.54, 1.807) is 57.0 Å². The highest BCUT2D eigenvalue weighted by molar-refractivity contribution is 8.77. The van der Waals surface area contributed by atoms with Gasteiger partial charge < -0.3 is 30.4 Å². The molecule has 0 aromatic carbocycles. The Kier molecular flexibility index (Phi) is 16.6. The van der Waals surface area contributed by atoms with Crippen molar-refractivity contribution in [2.24, 2.45) is 0 Å². The zero-order chi connectivity index (χ0) is 49.5. The largest absolute Gasteiger partial charge is 0.476 e. The highest BCUT2D eigenvalue weighted by atomic mass is 33.1. The molecule has 0 aliphatic carbocycles. The van der Waals surface area contributed by atoms with E-state index in [2.05, 4.69) is 71.4 Å². The molecular weight excluding hydrogens is 1020 g/mol. The molecule has 10 atom stereocenters. The Labute approximate surface area is 408 Å². The molecular formula is C38H58F2N10O12P2S4. The van der Waals surface area contributed by atoms with Gasteiger partial charge in [-0.15, -0.1) is 0 Å². The van der Waals surface area contributed by atoms with Crippen LogP contribution in [-0.2, 0) is 45.7 Å². The lowest BCUT2D eigenvalue weighted by Gasteiger charge is -2.33. The fourth-order valence-corrected chi connectivity index (χ4v) is 14.6. The van der Waals surface area contributed by atoms with Crippen molar-refractivity contribution in [3.05, 3.63) is 12.7 Å². The molecule has 4 aliphatic rings. The topological polar surface area (TPSA) is 266 Å². The van der Waals surface area contributed by atoms with Gasteiger partial charge in [-0.25, -0.2) is 27.9 Å². The van der Waals surface area contributed by atoms with Gasteiger partial charge in [-0.05, 0) is 27.7 Å². The molecule has 4 aromatic heterocycles. The number of ether oxygens (including phenoxy) is 4. The predicted molar refractivity (Wildman–Crippen MR) is 257 cm³/mol. The van der Waals surface area contributed by atoms with Gasteiger partial charge in [0.2, 0.25) is 23.7 Å². The molecule has 0 radical (unpaired) electrons. The Morgan fingerprint density at radius 2 is 1.09 bits per heavy atom. The van der Waals surface area contributed by atoms with Gasteiger partial charge in [0.25, 0.3) is 0 Å². The van der Waals surface area contributed by atoms with Crippen LogP contribution >= 0.6 is 58.8 Å². The maximum Gasteiger partial charge on any atom is 0.475 e. The first-order chi connectivity index (χ1) is 31.9. The molecule has 4 saturated heterocycles. The summed E-state index contributed by atoms with van der Waals surface area (Å²) in [4.78, 5) is 25.0. The van der Waals surface area contributed by atoms with Crippen molar-refractivity contribution in [1.29, 1.82) is 0 Å². The van der Waals surface area contributed by atoms with E-state index in [0.717, 1.165) is 0 Å². The van der Waals surface area contributed by atoms with Crippen LogP contribution in [0.1, 0.15) is 81.7 Å². The molecule has 380 valence electrons. The Morgan fingerprint density at radius 3 is 1.44 bits per heavy atom. The highest BCUT2D eigenvalue weighted by Gasteiger charge is 2.63. The van der Waals surface area contributed by atoms with Crippen molar-refractivity contribution in [2.75, 3.05) is 62.6 Å². The number of imidazole rings is 2. The number of phosphoric ester groups is 2. The van der Waals surface area contributed by atoms with Crippen molar-refractivity contribution < 1.29 is 64.0 Å². The van der Waals surface area contributed by atoms with Gasteiger partial charge in [0.1, 0.15) is 24.4 Å². The molecule has 22 nitrogen and oxygen atoms in total. The third-order valence-corrected chi connectivity index (χ3v) is 19.5. The van der Waals surface area contributed by atoms with Gasteiger partial charge in [0.15, 0.2) is 46.1 Å². The van der Waals surface area contributed by atoms with E-state index < -0.39 is 63.9 Å². The molecule has 4 N–H and O–H groups in total. The third-order valence-electron chi connectivity index (χ3n) is 9.97. The summed E-state index contributed by atoms with van der Waals surface area (Å²) in [5, 5.41) is 0. The van der Waals surface area contributed by atoms with Crippen molar-refractivity contribution in [1.82, 2.24) is 39.0 Å². The van der Waals surface area contributed by atoms with Gasteiger partial charge >= 0.3 is 15.6 Å². The standard InChI is InChI=1S/2C19H29FN5O6PS2/c2*1-6-27-15-12-14(23-17(21)24-15)25(10-22-12)16-19(5,20)13-11(30-16)9-29-32(26,31-13)28-7-8-33-34-18(2,3)4/h2*10-11,13,16H,6-9H2,1-5H3,(H2,21,23,24)/t2*11-,13-,16-,19-,32?/m11/s1. The van der Waals surface area contributed by atoms with Gasteiger partial charge in [-0.1, -0.05) is 84.7 Å². The normalized spacial score (nSPS) is 31.6. The summed E-state index contributed by atoms with van der Waals surface area (Å²) in [6, 6.07) is 0. The van der Waals surface area contributed by atoms with E-state index in [-0.39, 0.29) is 70.9 Å². The highest BCUT2D eigenvalue weighted by Crippen LogP contribution is 2.61. The SMILES string of the molecule is CCOc1nc(N)nc2c1ncn2[C@@H]1O[C@@H]2COP(=O)(OCCSSC(C)(C)C)O[C@H]2[C@@]1(C)F.CCOc1nc(N)nc2c1ncn2[C@@H]1O[C@@H]2COP(=O)(OCCSSC(C)(C)C)O[C@H]2[C@@]1(C)F. The second-order valence-electron chi connectivity index (χ2n) is 17.9. The first-order valence-corrected chi connectivity index (χ1v) is 29.1. The van der Waals surface area contributed by atoms with E-state index in [9.17, 15) is 9.13 Å². The lowest BCUT2D eigenvalue weighted by molar-refractivity contribution is -0.0702. The number of hydrogen-bond acceptors (Lipinski definition) is 24. The summed E-state index contributed by atoms with van der Waals surface area (Å²) in [6.45, 7) is 19.5.